The van der Waals surface area contributed by atoms with Gasteiger partial charge in [0.2, 0.25) is 0 Å². The lowest BCUT2D eigenvalue weighted by atomic mass is 10.1. The zero-order valence-corrected chi connectivity index (χ0v) is 37.1. The number of piperazine rings is 2. The van der Waals surface area contributed by atoms with Gasteiger partial charge in [-0.15, -0.1) is 0 Å². The largest absolute Gasteiger partial charge is 0.465 e. The molecule has 0 bridgehead atoms. The van der Waals surface area contributed by atoms with E-state index in [1.54, 1.807) is 60.7 Å². The summed E-state index contributed by atoms with van der Waals surface area (Å²) in [7, 11) is -6.60. The number of anilines is 2. The maximum Gasteiger partial charge on any atom is 0.337 e. The average molecular weight is 926 g/mol. The summed E-state index contributed by atoms with van der Waals surface area (Å²) >= 11 is 0. The van der Waals surface area contributed by atoms with Crippen LogP contribution in [0.1, 0.15) is 31.8 Å². The molecule has 4 aromatic carbocycles. The van der Waals surface area contributed by atoms with Crippen molar-refractivity contribution in [3.05, 3.63) is 131 Å². The smallest absolute Gasteiger partial charge is 0.337 e. The van der Waals surface area contributed by atoms with Crippen LogP contribution < -0.4 is 14.3 Å². The molecule has 0 unspecified atom stereocenters. The maximum absolute atomic E-state index is 14.8. The Morgan fingerprint density at radius 3 is 1.36 bits per heavy atom. The van der Waals surface area contributed by atoms with Crippen molar-refractivity contribution in [2.45, 2.75) is 25.2 Å². The fourth-order valence-electron chi connectivity index (χ4n) is 7.74. The van der Waals surface area contributed by atoms with Crippen LogP contribution in [0.3, 0.4) is 0 Å². The van der Waals surface area contributed by atoms with Gasteiger partial charge in [0.05, 0.1) is 82.2 Å². The van der Waals surface area contributed by atoms with Gasteiger partial charge in [-0.1, -0.05) is 54.6 Å². The van der Waals surface area contributed by atoms with Gasteiger partial charge in [0, 0.05) is 69.0 Å². The highest BCUT2D eigenvalue weighted by molar-refractivity contribution is 7.90. The standard InChI is InChI=1S/C22H27FN4O4S.C22H26FN3O5S/c23-21-12-17(22(28)13-24)6-7-18(21)14-27(19-4-2-1-3-5-19)32(29,30)26-10-8-25(9-11-26)20-15-31-16-20;1-30-22(27)17-7-8-18(21(23)13-17)14-26(19-5-3-2-4-6-19)32(28,29)25-11-9-24(10-12-25)20-15-31-16-20/h1-7,12,20H,8-11,13-16,24H2;2-8,13,20H,9-12,14-16H2,1H3. The van der Waals surface area contributed by atoms with Gasteiger partial charge in [0.1, 0.15) is 11.6 Å². The van der Waals surface area contributed by atoms with Gasteiger partial charge >= 0.3 is 26.4 Å². The molecule has 4 aliphatic rings. The molecule has 0 amide bonds. The summed E-state index contributed by atoms with van der Waals surface area (Å²) in [5, 5.41) is 0. The molecule has 2 N–H and O–H groups in total. The predicted octanol–water partition coefficient (Wildman–Crippen LogP) is 3.12. The van der Waals surface area contributed by atoms with E-state index >= 15 is 0 Å². The molecule has 4 aromatic rings. The van der Waals surface area contributed by atoms with E-state index in [1.165, 1.54) is 48.6 Å². The first-order chi connectivity index (χ1) is 30.8. The number of nitrogens with zero attached hydrogens (tertiary/aromatic N) is 6. The molecule has 4 saturated heterocycles. The highest BCUT2D eigenvalue weighted by Crippen LogP contribution is 2.28. The molecule has 64 heavy (non-hydrogen) atoms. The molecular weight excluding hydrogens is 873 g/mol. The Kier molecular flexibility index (Phi) is 15.4. The molecule has 20 heteroatoms. The fourth-order valence-corrected chi connectivity index (χ4v) is 10.9. The fraction of sp³-hybridized carbons (Fsp3) is 0.409. The van der Waals surface area contributed by atoms with Crippen molar-refractivity contribution in [1.29, 1.82) is 0 Å². The van der Waals surface area contributed by atoms with Crippen molar-refractivity contribution in [1.82, 2.24) is 18.4 Å². The van der Waals surface area contributed by atoms with E-state index in [1.807, 2.05) is 0 Å². The molecule has 16 nitrogen and oxygen atoms in total. The van der Waals surface area contributed by atoms with Crippen LogP contribution in [0.25, 0.3) is 0 Å². The number of rotatable bonds is 15. The number of carbonyl (C=O) groups is 2. The minimum atomic E-state index is -3.91. The first kappa shape index (κ1) is 47.1. The van der Waals surface area contributed by atoms with Gasteiger partial charge in [-0.05, 0) is 42.5 Å². The SMILES string of the molecule is COC(=O)c1ccc(CN(c2ccccc2)S(=O)(=O)N2CCN(C3COC3)CC2)c(F)c1.NCC(=O)c1ccc(CN(c2ccccc2)S(=O)(=O)N2CCN(C3COC3)CC2)c(F)c1. The van der Waals surface area contributed by atoms with Crippen molar-refractivity contribution in [2.75, 3.05) is 101 Å². The second-order valence-corrected chi connectivity index (χ2v) is 19.4. The van der Waals surface area contributed by atoms with E-state index < -0.39 is 38.0 Å². The summed E-state index contributed by atoms with van der Waals surface area (Å²) in [6.07, 6.45) is 0. The quantitative estimate of drug-likeness (QED) is 0.137. The van der Waals surface area contributed by atoms with Crippen molar-refractivity contribution in [3.63, 3.8) is 0 Å². The van der Waals surface area contributed by atoms with E-state index in [-0.39, 0.29) is 47.7 Å². The number of hydrogen-bond donors (Lipinski definition) is 1. The topological polar surface area (TPSA) is 176 Å². The number of hydrogen-bond acceptors (Lipinski definition) is 12. The summed E-state index contributed by atoms with van der Waals surface area (Å²) < 4.78 is 104. The maximum atomic E-state index is 14.8. The van der Waals surface area contributed by atoms with Crippen molar-refractivity contribution < 1.29 is 49.4 Å². The number of para-hydroxylation sites is 2. The molecule has 4 fully saturated rings. The number of halogens is 2. The minimum absolute atomic E-state index is 0.0685. The van der Waals surface area contributed by atoms with Gasteiger partial charge in [0.25, 0.3) is 0 Å². The number of ether oxygens (including phenoxy) is 3. The molecule has 0 radical (unpaired) electrons. The summed E-state index contributed by atoms with van der Waals surface area (Å²) in [5.74, 6) is -2.34. The Bertz CT molecular complexity index is 2280. The van der Waals surface area contributed by atoms with Crippen LogP contribution in [-0.4, -0.2) is 152 Å². The number of Topliss-reactive ketones (excluding diaryl/α,β-unsaturated/α-hetero) is 1. The van der Waals surface area contributed by atoms with Crippen LogP contribution in [0.4, 0.5) is 20.2 Å². The number of ketones is 1. The second kappa shape index (κ2) is 20.9. The first-order valence-corrected chi connectivity index (χ1v) is 23.8. The Morgan fingerprint density at radius 2 is 1.02 bits per heavy atom. The van der Waals surface area contributed by atoms with E-state index in [2.05, 4.69) is 14.5 Å². The zero-order valence-electron chi connectivity index (χ0n) is 35.5. The first-order valence-electron chi connectivity index (χ1n) is 21.0. The number of methoxy groups -OCH3 is 1. The Labute approximate surface area is 373 Å². The molecule has 4 heterocycles. The summed E-state index contributed by atoms with van der Waals surface area (Å²) in [4.78, 5) is 27.9. The molecule has 344 valence electrons. The summed E-state index contributed by atoms with van der Waals surface area (Å²) in [6.45, 7) is 6.05. The van der Waals surface area contributed by atoms with Crippen LogP contribution in [0.15, 0.2) is 97.1 Å². The van der Waals surface area contributed by atoms with Crippen molar-refractivity contribution in [3.8, 4) is 0 Å². The number of carbonyl (C=O) groups excluding carboxylic acids is 2. The Balaban J connectivity index is 0.000000191. The lowest BCUT2D eigenvalue weighted by molar-refractivity contribution is -0.0721. The van der Waals surface area contributed by atoms with E-state index in [4.69, 9.17) is 15.2 Å². The number of benzene rings is 4. The van der Waals surface area contributed by atoms with Crippen molar-refractivity contribution >= 4 is 43.5 Å². The van der Waals surface area contributed by atoms with Crippen LogP contribution >= 0.6 is 0 Å². The number of esters is 1. The van der Waals surface area contributed by atoms with E-state index in [0.717, 1.165) is 12.1 Å². The van der Waals surface area contributed by atoms with E-state index in [9.17, 15) is 35.2 Å². The van der Waals surface area contributed by atoms with Gasteiger partial charge in [-0.3, -0.25) is 23.2 Å². The molecule has 8 rings (SSSR count). The average Bonchev–Trinajstić information content (AvgIpc) is 3.27. The Morgan fingerprint density at radius 1 is 0.625 bits per heavy atom. The van der Waals surface area contributed by atoms with Crippen LogP contribution in [-0.2, 0) is 47.7 Å². The lowest BCUT2D eigenvalue weighted by Gasteiger charge is -2.43. The minimum Gasteiger partial charge on any atom is -0.465 e. The molecule has 4 aliphatic heterocycles. The molecule has 0 atom stereocenters. The Hall–Kier alpha value is -4.90. The third kappa shape index (κ3) is 10.8. The van der Waals surface area contributed by atoms with Gasteiger partial charge < -0.3 is 19.9 Å². The van der Waals surface area contributed by atoms with Crippen LogP contribution in [0.2, 0.25) is 0 Å². The monoisotopic (exact) mass is 925 g/mol. The third-order valence-corrected chi connectivity index (χ3v) is 15.6. The highest BCUT2D eigenvalue weighted by atomic mass is 32.2. The molecule has 0 aliphatic carbocycles. The number of nitrogens with two attached hydrogens (primary N) is 1. The zero-order chi connectivity index (χ0) is 45.4. The summed E-state index contributed by atoms with van der Waals surface area (Å²) in [5.41, 5.74) is 6.82. The second-order valence-electron chi connectivity index (χ2n) is 15.7. The molecular formula is C44H53F2N7O9S2. The van der Waals surface area contributed by atoms with Crippen LogP contribution in [0, 0.1) is 11.6 Å². The van der Waals surface area contributed by atoms with Crippen LogP contribution in [0.5, 0.6) is 0 Å². The molecule has 0 saturated carbocycles. The third-order valence-electron chi connectivity index (χ3n) is 11.8. The summed E-state index contributed by atoms with van der Waals surface area (Å²) in [6, 6.07) is 25.9. The lowest BCUT2D eigenvalue weighted by Crippen LogP contribution is -2.59. The van der Waals surface area contributed by atoms with E-state index in [0.29, 0.717) is 102 Å². The normalized spacial score (nSPS) is 18.2. The van der Waals surface area contributed by atoms with Gasteiger partial charge in [-0.25, -0.2) is 13.6 Å². The molecule has 0 spiro atoms. The highest BCUT2D eigenvalue weighted by Gasteiger charge is 2.38. The van der Waals surface area contributed by atoms with Crippen molar-refractivity contribution in [2.24, 2.45) is 5.73 Å². The predicted molar refractivity (Wildman–Crippen MR) is 236 cm³/mol. The molecule has 0 aromatic heterocycles. The van der Waals surface area contributed by atoms with Gasteiger partial charge in [0.15, 0.2) is 5.78 Å². The van der Waals surface area contributed by atoms with Gasteiger partial charge in [-0.2, -0.15) is 25.4 Å².